The SMILES string of the molecule is NC(=O)C12CC3CC(CC(C3)C1OC(=O)N1CCCCC1)C2. The van der Waals surface area contributed by atoms with E-state index >= 15 is 0 Å². The number of amides is 2. The summed E-state index contributed by atoms with van der Waals surface area (Å²) in [5.41, 5.74) is 5.21. The Bertz CT molecular complexity index is 472. The van der Waals surface area contributed by atoms with Gasteiger partial charge in [0.1, 0.15) is 6.10 Å². The number of likely N-dealkylation sites (tertiary alicyclic amines) is 1. The summed E-state index contributed by atoms with van der Waals surface area (Å²) in [6.07, 6.45) is 7.86. The van der Waals surface area contributed by atoms with Crippen LogP contribution in [0.5, 0.6) is 0 Å². The Morgan fingerprint density at radius 3 is 2.23 bits per heavy atom. The highest BCUT2D eigenvalue weighted by Gasteiger charge is 2.62. The highest BCUT2D eigenvalue weighted by Crippen LogP contribution is 2.60. The molecule has 0 aromatic heterocycles. The number of rotatable bonds is 2. The van der Waals surface area contributed by atoms with Gasteiger partial charge in [0, 0.05) is 13.1 Å². The largest absolute Gasteiger partial charge is 0.445 e. The molecule has 1 saturated heterocycles. The molecule has 1 heterocycles. The molecule has 22 heavy (non-hydrogen) atoms. The Hall–Kier alpha value is -1.26. The highest BCUT2D eigenvalue weighted by molar-refractivity contribution is 5.83. The number of ether oxygens (including phenoxy) is 1. The third-order valence-electron chi connectivity index (χ3n) is 6.55. The standard InChI is InChI=1S/C17H26N2O3/c18-15(20)17-9-11-6-12(10-17)8-13(7-11)14(17)22-16(21)19-4-2-1-3-5-19/h11-14H,1-10H2,(H2,18,20). The van der Waals surface area contributed by atoms with E-state index in [-0.39, 0.29) is 18.1 Å². The minimum absolute atomic E-state index is 0.224. The number of primary amides is 1. The lowest BCUT2D eigenvalue weighted by molar-refractivity contribution is -0.175. The molecule has 0 aromatic carbocycles. The maximum atomic E-state index is 12.5. The second kappa shape index (κ2) is 5.14. The molecule has 1 aliphatic heterocycles. The third-order valence-corrected chi connectivity index (χ3v) is 6.55. The summed E-state index contributed by atoms with van der Waals surface area (Å²) in [5, 5.41) is 0. The van der Waals surface area contributed by atoms with Gasteiger partial charge in [0.2, 0.25) is 5.91 Å². The van der Waals surface area contributed by atoms with Crippen LogP contribution < -0.4 is 5.73 Å². The van der Waals surface area contributed by atoms with Crippen LogP contribution in [0.15, 0.2) is 0 Å². The topological polar surface area (TPSA) is 72.6 Å². The number of carbonyl (C=O) groups is 2. The molecule has 3 unspecified atom stereocenters. The van der Waals surface area contributed by atoms with Crippen molar-refractivity contribution in [2.75, 3.05) is 13.1 Å². The van der Waals surface area contributed by atoms with Gasteiger partial charge in [-0.1, -0.05) is 0 Å². The number of carbonyl (C=O) groups excluding carboxylic acids is 2. The number of hydrogen-bond acceptors (Lipinski definition) is 3. The average molecular weight is 306 g/mol. The zero-order valence-corrected chi connectivity index (χ0v) is 13.1. The summed E-state index contributed by atoms with van der Waals surface area (Å²) in [6.45, 7) is 1.57. The smallest absolute Gasteiger partial charge is 0.410 e. The predicted molar refractivity (Wildman–Crippen MR) is 80.9 cm³/mol. The lowest BCUT2D eigenvalue weighted by Crippen LogP contribution is -2.62. The van der Waals surface area contributed by atoms with Crippen LogP contribution in [0.25, 0.3) is 0 Å². The fourth-order valence-corrected chi connectivity index (χ4v) is 5.80. The van der Waals surface area contributed by atoms with Crippen LogP contribution in [0.4, 0.5) is 4.79 Å². The quantitative estimate of drug-likeness (QED) is 0.850. The fourth-order valence-electron chi connectivity index (χ4n) is 5.80. The number of piperidine rings is 1. The van der Waals surface area contributed by atoms with Crippen LogP contribution >= 0.6 is 0 Å². The van der Waals surface area contributed by atoms with Crippen LogP contribution in [0.1, 0.15) is 51.4 Å². The van der Waals surface area contributed by atoms with Gasteiger partial charge in [-0.15, -0.1) is 0 Å². The summed E-state index contributed by atoms with van der Waals surface area (Å²) in [4.78, 5) is 26.6. The first kappa shape index (κ1) is 14.3. The van der Waals surface area contributed by atoms with Gasteiger partial charge >= 0.3 is 6.09 Å². The van der Waals surface area contributed by atoms with Crippen molar-refractivity contribution < 1.29 is 14.3 Å². The van der Waals surface area contributed by atoms with Gasteiger partial charge < -0.3 is 15.4 Å². The Morgan fingerprint density at radius 2 is 1.64 bits per heavy atom. The monoisotopic (exact) mass is 306 g/mol. The van der Waals surface area contributed by atoms with Gasteiger partial charge in [0.15, 0.2) is 0 Å². The Balaban J connectivity index is 1.54. The summed E-state index contributed by atoms with van der Waals surface area (Å²) in [7, 11) is 0. The van der Waals surface area contributed by atoms with Crippen molar-refractivity contribution in [3.8, 4) is 0 Å². The van der Waals surface area contributed by atoms with Gasteiger partial charge in [-0.05, 0) is 69.1 Å². The molecule has 4 saturated carbocycles. The van der Waals surface area contributed by atoms with E-state index in [0.717, 1.165) is 51.6 Å². The van der Waals surface area contributed by atoms with Gasteiger partial charge in [0.25, 0.3) is 0 Å². The van der Waals surface area contributed by atoms with Crippen molar-refractivity contribution in [2.45, 2.75) is 57.5 Å². The van der Waals surface area contributed by atoms with Crippen LogP contribution in [-0.2, 0) is 9.53 Å². The van der Waals surface area contributed by atoms with Crippen molar-refractivity contribution in [1.82, 2.24) is 4.90 Å². The van der Waals surface area contributed by atoms with Crippen LogP contribution in [0.2, 0.25) is 0 Å². The number of hydrogen-bond donors (Lipinski definition) is 1. The Morgan fingerprint density at radius 1 is 1.00 bits per heavy atom. The van der Waals surface area contributed by atoms with E-state index in [9.17, 15) is 9.59 Å². The second-order valence-corrected chi connectivity index (χ2v) is 7.98. The summed E-state index contributed by atoms with van der Waals surface area (Å²) in [5.74, 6) is 1.31. The minimum atomic E-state index is -0.583. The lowest BCUT2D eigenvalue weighted by Gasteiger charge is -2.58. The third kappa shape index (κ3) is 2.12. The molecule has 0 aromatic rings. The van der Waals surface area contributed by atoms with E-state index in [0.29, 0.717) is 17.8 Å². The molecule has 2 amide bonds. The van der Waals surface area contributed by atoms with Crippen molar-refractivity contribution >= 4 is 12.0 Å². The molecular formula is C17H26N2O3. The molecular weight excluding hydrogens is 280 g/mol. The fraction of sp³-hybridized carbons (Fsp3) is 0.882. The Labute approximate surface area is 131 Å². The minimum Gasteiger partial charge on any atom is -0.445 e. The van der Waals surface area contributed by atoms with Crippen LogP contribution in [0, 0.1) is 23.2 Å². The molecule has 3 atom stereocenters. The van der Waals surface area contributed by atoms with Gasteiger partial charge in [0.05, 0.1) is 5.41 Å². The molecule has 2 N–H and O–H groups in total. The summed E-state index contributed by atoms with van der Waals surface area (Å²) >= 11 is 0. The zero-order valence-electron chi connectivity index (χ0n) is 13.1. The van der Waals surface area contributed by atoms with Crippen molar-refractivity contribution in [1.29, 1.82) is 0 Å². The molecule has 4 bridgehead atoms. The van der Waals surface area contributed by atoms with E-state index in [2.05, 4.69) is 0 Å². The molecule has 4 aliphatic carbocycles. The van der Waals surface area contributed by atoms with Crippen molar-refractivity contribution in [2.24, 2.45) is 28.9 Å². The molecule has 5 nitrogen and oxygen atoms in total. The van der Waals surface area contributed by atoms with E-state index < -0.39 is 5.41 Å². The average Bonchev–Trinajstić information content (AvgIpc) is 2.50. The first-order valence-corrected chi connectivity index (χ1v) is 8.84. The summed E-state index contributed by atoms with van der Waals surface area (Å²) < 4.78 is 5.92. The van der Waals surface area contributed by atoms with Gasteiger partial charge in [-0.2, -0.15) is 0 Å². The predicted octanol–water partition coefficient (Wildman–Crippen LogP) is 2.29. The molecule has 5 aliphatic rings. The Kier molecular flexibility index (Phi) is 3.35. The zero-order chi connectivity index (χ0) is 15.3. The van der Waals surface area contributed by atoms with E-state index in [1.54, 1.807) is 0 Å². The van der Waals surface area contributed by atoms with E-state index in [4.69, 9.17) is 10.5 Å². The molecule has 122 valence electrons. The number of nitrogens with two attached hydrogens (primary N) is 1. The van der Waals surface area contributed by atoms with Gasteiger partial charge in [-0.3, -0.25) is 4.79 Å². The van der Waals surface area contributed by atoms with Crippen LogP contribution in [0.3, 0.4) is 0 Å². The van der Waals surface area contributed by atoms with Crippen LogP contribution in [-0.4, -0.2) is 36.1 Å². The molecule has 5 heteroatoms. The van der Waals surface area contributed by atoms with Gasteiger partial charge in [-0.25, -0.2) is 4.79 Å². The van der Waals surface area contributed by atoms with Crippen molar-refractivity contribution in [3.63, 3.8) is 0 Å². The first-order chi connectivity index (χ1) is 10.6. The highest BCUT2D eigenvalue weighted by atomic mass is 16.6. The molecule has 5 fully saturated rings. The lowest BCUT2D eigenvalue weighted by atomic mass is 9.48. The normalized spacial score (nSPS) is 43.2. The number of nitrogens with zero attached hydrogens (tertiary/aromatic N) is 1. The maximum absolute atomic E-state index is 12.5. The summed E-state index contributed by atoms with van der Waals surface area (Å²) in [6, 6.07) is 0. The van der Waals surface area contributed by atoms with E-state index in [1.807, 2.05) is 4.90 Å². The second-order valence-electron chi connectivity index (χ2n) is 7.98. The molecule has 5 rings (SSSR count). The van der Waals surface area contributed by atoms with Crippen molar-refractivity contribution in [3.05, 3.63) is 0 Å². The molecule has 0 spiro atoms. The molecule has 0 radical (unpaired) electrons. The maximum Gasteiger partial charge on any atom is 0.410 e. The first-order valence-electron chi connectivity index (χ1n) is 8.84. The van der Waals surface area contributed by atoms with E-state index in [1.165, 1.54) is 12.8 Å².